The molecular formula is C12H15ClN2O4. The minimum Gasteiger partial charge on any atom is -0.389 e. The molecule has 0 aliphatic heterocycles. The third-order valence-corrected chi connectivity index (χ3v) is 2.53. The van der Waals surface area contributed by atoms with Crippen LogP contribution in [0.5, 0.6) is 0 Å². The summed E-state index contributed by atoms with van der Waals surface area (Å²) in [5.74, 6) is -0.437. The average molecular weight is 287 g/mol. The predicted molar refractivity (Wildman–Crippen MR) is 71.4 cm³/mol. The lowest BCUT2D eigenvalue weighted by molar-refractivity contribution is -0.384. The largest absolute Gasteiger partial charge is 0.389 e. The van der Waals surface area contributed by atoms with Crippen LogP contribution in [0, 0.1) is 10.1 Å². The van der Waals surface area contributed by atoms with E-state index in [2.05, 4.69) is 0 Å². The maximum atomic E-state index is 12.1. The third kappa shape index (κ3) is 4.50. The number of carbonyl (C=O) groups is 1. The van der Waals surface area contributed by atoms with E-state index in [1.807, 2.05) is 0 Å². The fraction of sp³-hybridized carbons (Fsp3) is 0.417. The van der Waals surface area contributed by atoms with Crippen LogP contribution in [0.15, 0.2) is 18.2 Å². The minimum absolute atomic E-state index is 0.103. The summed E-state index contributed by atoms with van der Waals surface area (Å²) in [5, 5.41) is 20.5. The van der Waals surface area contributed by atoms with E-state index in [0.717, 1.165) is 6.07 Å². The molecule has 6 nitrogen and oxygen atoms in total. The molecule has 0 aliphatic carbocycles. The average Bonchev–Trinajstić information content (AvgIpc) is 2.24. The van der Waals surface area contributed by atoms with Gasteiger partial charge in [-0.3, -0.25) is 14.9 Å². The van der Waals surface area contributed by atoms with E-state index in [4.69, 9.17) is 11.6 Å². The third-order valence-electron chi connectivity index (χ3n) is 2.31. The van der Waals surface area contributed by atoms with Crippen LogP contribution in [0.2, 0.25) is 5.02 Å². The number of amides is 1. The van der Waals surface area contributed by atoms with Crippen LogP contribution in [0.1, 0.15) is 24.2 Å². The number of non-ortho nitro benzene ring substituents is 1. The van der Waals surface area contributed by atoms with Crippen LogP contribution in [0.25, 0.3) is 0 Å². The molecule has 1 amide bonds. The van der Waals surface area contributed by atoms with Gasteiger partial charge in [0, 0.05) is 36.3 Å². The first-order valence-electron chi connectivity index (χ1n) is 5.53. The number of nitro benzene ring substituents is 1. The van der Waals surface area contributed by atoms with Gasteiger partial charge in [0.15, 0.2) is 0 Å². The molecule has 1 aromatic carbocycles. The normalized spacial score (nSPS) is 11.2. The Kier molecular flexibility index (Phi) is 4.49. The lowest BCUT2D eigenvalue weighted by atomic mass is 10.1. The molecule has 0 unspecified atom stereocenters. The van der Waals surface area contributed by atoms with Crippen molar-refractivity contribution in [3.63, 3.8) is 0 Å². The maximum absolute atomic E-state index is 12.1. The molecule has 19 heavy (non-hydrogen) atoms. The number of likely N-dealkylation sites (N-methyl/N-ethyl adjacent to an activating group) is 1. The van der Waals surface area contributed by atoms with Crippen LogP contribution in [0.3, 0.4) is 0 Å². The Balaban J connectivity index is 3.03. The molecule has 0 fully saturated rings. The molecule has 0 spiro atoms. The standard InChI is InChI=1S/C12H15ClN2O4/c1-12(2,17)7-14(3)11(16)8-4-9(13)6-10(5-8)15(18)19/h4-6,17H,7H2,1-3H3. The Morgan fingerprint density at radius 1 is 1.47 bits per heavy atom. The smallest absolute Gasteiger partial charge is 0.271 e. The summed E-state index contributed by atoms with van der Waals surface area (Å²) in [5.41, 5.74) is -1.17. The van der Waals surface area contributed by atoms with Gasteiger partial charge in [-0.2, -0.15) is 0 Å². The van der Waals surface area contributed by atoms with Gasteiger partial charge in [0.1, 0.15) is 0 Å². The number of hydrogen-bond acceptors (Lipinski definition) is 4. The van der Waals surface area contributed by atoms with E-state index >= 15 is 0 Å². The molecule has 0 radical (unpaired) electrons. The van der Waals surface area contributed by atoms with E-state index in [9.17, 15) is 20.0 Å². The summed E-state index contributed by atoms with van der Waals surface area (Å²) in [6.07, 6.45) is 0. The number of benzene rings is 1. The minimum atomic E-state index is -1.05. The highest BCUT2D eigenvalue weighted by Gasteiger charge is 2.22. The Morgan fingerprint density at radius 3 is 2.53 bits per heavy atom. The molecule has 0 aromatic heterocycles. The number of aliphatic hydroxyl groups is 1. The summed E-state index contributed by atoms with van der Waals surface area (Å²) < 4.78 is 0. The molecular weight excluding hydrogens is 272 g/mol. The van der Waals surface area contributed by atoms with Crippen LogP contribution in [-0.2, 0) is 0 Å². The van der Waals surface area contributed by atoms with Gasteiger partial charge >= 0.3 is 0 Å². The van der Waals surface area contributed by atoms with Crippen molar-refractivity contribution in [1.29, 1.82) is 0 Å². The van der Waals surface area contributed by atoms with E-state index < -0.39 is 16.4 Å². The number of halogens is 1. The van der Waals surface area contributed by atoms with Gasteiger partial charge in [-0.1, -0.05) is 11.6 Å². The van der Waals surface area contributed by atoms with Gasteiger partial charge in [0.05, 0.1) is 10.5 Å². The lowest BCUT2D eigenvalue weighted by Gasteiger charge is -2.25. The second kappa shape index (κ2) is 5.54. The van der Waals surface area contributed by atoms with Gasteiger partial charge in [-0.15, -0.1) is 0 Å². The molecule has 1 N–H and O–H groups in total. The van der Waals surface area contributed by atoms with Crippen LogP contribution in [0.4, 0.5) is 5.69 Å². The zero-order valence-corrected chi connectivity index (χ0v) is 11.6. The molecule has 0 saturated heterocycles. The van der Waals surface area contributed by atoms with Crippen molar-refractivity contribution >= 4 is 23.2 Å². The molecule has 0 saturated carbocycles. The first-order chi connectivity index (χ1) is 8.60. The summed E-state index contributed by atoms with van der Waals surface area (Å²) in [4.78, 5) is 23.5. The molecule has 0 bridgehead atoms. The first-order valence-corrected chi connectivity index (χ1v) is 5.91. The molecule has 0 aliphatic rings. The summed E-state index contributed by atoms with van der Waals surface area (Å²) in [6.45, 7) is 3.24. The second-order valence-corrected chi connectivity index (χ2v) is 5.37. The van der Waals surface area contributed by atoms with E-state index in [-0.39, 0.29) is 22.8 Å². The molecule has 104 valence electrons. The number of nitro groups is 1. The summed E-state index contributed by atoms with van der Waals surface area (Å²) in [6, 6.07) is 3.70. The Hall–Kier alpha value is -1.66. The number of hydrogen-bond donors (Lipinski definition) is 1. The van der Waals surface area contributed by atoms with Crippen molar-refractivity contribution in [1.82, 2.24) is 4.90 Å². The Bertz CT molecular complexity index is 511. The Morgan fingerprint density at radius 2 is 2.05 bits per heavy atom. The quantitative estimate of drug-likeness (QED) is 0.678. The monoisotopic (exact) mass is 286 g/mol. The fourth-order valence-electron chi connectivity index (χ4n) is 1.68. The van der Waals surface area contributed by atoms with Gasteiger partial charge in [-0.05, 0) is 19.9 Å². The molecule has 0 heterocycles. The fourth-order valence-corrected chi connectivity index (χ4v) is 1.90. The first kappa shape index (κ1) is 15.4. The SMILES string of the molecule is CN(CC(C)(C)O)C(=O)c1cc(Cl)cc([N+](=O)[O-])c1. The van der Waals surface area contributed by atoms with Gasteiger partial charge < -0.3 is 10.0 Å². The highest BCUT2D eigenvalue weighted by atomic mass is 35.5. The number of nitrogens with zero attached hydrogens (tertiary/aromatic N) is 2. The van der Waals surface area contributed by atoms with E-state index in [1.54, 1.807) is 13.8 Å². The number of carbonyl (C=O) groups excluding carboxylic acids is 1. The van der Waals surface area contributed by atoms with Crippen LogP contribution in [-0.4, -0.2) is 40.0 Å². The molecule has 1 aromatic rings. The highest BCUT2D eigenvalue weighted by molar-refractivity contribution is 6.31. The second-order valence-electron chi connectivity index (χ2n) is 4.93. The zero-order valence-electron chi connectivity index (χ0n) is 10.9. The zero-order chi connectivity index (χ0) is 14.8. The number of rotatable bonds is 4. The highest BCUT2D eigenvalue weighted by Crippen LogP contribution is 2.22. The van der Waals surface area contributed by atoms with Crippen molar-refractivity contribution in [3.05, 3.63) is 38.9 Å². The van der Waals surface area contributed by atoms with E-state index in [0.29, 0.717) is 0 Å². The maximum Gasteiger partial charge on any atom is 0.271 e. The van der Waals surface area contributed by atoms with Crippen molar-refractivity contribution < 1.29 is 14.8 Å². The summed E-state index contributed by atoms with van der Waals surface area (Å²) in [7, 11) is 1.51. The van der Waals surface area contributed by atoms with Gasteiger partial charge in [0.25, 0.3) is 11.6 Å². The van der Waals surface area contributed by atoms with Gasteiger partial charge in [-0.25, -0.2) is 0 Å². The van der Waals surface area contributed by atoms with Crippen molar-refractivity contribution in [2.24, 2.45) is 0 Å². The molecule has 1 rings (SSSR count). The van der Waals surface area contributed by atoms with Gasteiger partial charge in [0.2, 0.25) is 0 Å². The van der Waals surface area contributed by atoms with Crippen molar-refractivity contribution in [2.75, 3.05) is 13.6 Å². The van der Waals surface area contributed by atoms with Crippen LogP contribution >= 0.6 is 11.6 Å². The summed E-state index contributed by atoms with van der Waals surface area (Å²) >= 11 is 5.75. The topological polar surface area (TPSA) is 83.7 Å². The Labute approximate surface area is 115 Å². The van der Waals surface area contributed by atoms with Crippen LogP contribution < -0.4 is 0 Å². The molecule has 0 atom stereocenters. The van der Waals surface area contributed by atoms with Crippen molar-refractivity contribution in [3.8, 4) is 0 Å². The molecule has 7 heteroatoms. The lowest BCUT2D eigenvalue weighted by Crippen LogP contribution is -2.39. The van der Waals surface area contributed by atoms with E-state index in [1.165, 1.54) is 24.1 Å². The van der Waals surface area contributed by atoms with Crippen molar-refractivity contribution in [2.45, 2.75) is 19.4 Å². The predicted octanol–water partition coefficient (Wildman–Crippen LogP) is 2.09.